The first-order chi connectivity index (χ1) is 11.3. The summed E-state index contributed by atoms with van der Waals surface area (Å²) < 4.78 is 13.2. The Morgan fingerprint density at radius 3 is 2.68 bits per heavy atom. The van der Waals surface area contributed by atoms with Gasteiger partial charge in [0.15, 0.2) is 5.96 Å². The van der Waals surface area contributed by atoms with Gasteiger partial charge >= 0.3 is 0 Å². The molecule has 1 aliphatic rings. The minimum Gasteiger partial charge on any atom is -0.356 e. The van der Waals surface area contributed by atoms with E-state index in [0.29, 0.717) is 17.5 Å². The highest BCUT2D eigenvalue weighted by atomic mass is 127. The fraction of sp³-hybridized carbons (Fsp3) is 0.611. The average Bonchev–Trinajstić information content (AvgIpc) is 2.92. The first kappa shape index (κ1) is 22.4. The smallest absolute Gasteiger partial charge is 0.191 e. The van der Waals surface area contributed by atoms with Gasteiger partial charge in [0.1, 0.15) is 5.82 Å². The molecule has 0 amide bonds. The van der Waals surface area contributed by atoms with Crippen molar-refractivity contribution in [3.63, 3.8) is 0 Å². The van der Waals surface area contributed by atoms with Gasteiger partial charge in [-0.2, -0.15) is 0 Å². The van der Waals surface area contributed by atoms with Crippen molar-refractivity contribution in [1.82, 2.24) is 15.5 Å². The van der Waals surface area contributed by atoms with Crippen molar-refractivity contribution >= 4 is 41.5 Å². The van der Waals surface area contributed by atoms with E-state index in [-0.39, 0.29) is 35.2 Å². The molecule has 142 valence electrons. The zero-order valence-electron chi connectivity index (χ0n) is 15.4. The lowest BCUT2D eigenvalue weighted by atomic mass is 9.84. The molecular weight excluding hydrogens is 454 g/mol. The largest absolute Gasteiger partial charge is 0.356 e. The summed E-state index contributed by atoms with van der Waals surface area (Å²) in [5.74, 6) is 1.13. The summed E-state index contributed by atoms with van der Waals surface area (Å²) in [6, 6.07) is 4.57. The van der Waals surface area contributed by atoms with Crippen LogP contribution in [0.3, 0.4) is 0 Å². The molecular formula is C18H29ClFIN4. The number of nitrogens with one attached hydrogen (secondary N) is 2. The third-order valence-electron chi connectivity index (χ3n) is 4.63. The maximum absolute atomic E-state index is 13.2. The normalized spacial score (nSPS) is 18.8. The van der Waals surface area contributed by atoms with Gasteiger partial charge in [-0.15, -0.1) is 24.0 Å². The number of rotatable bonds is 5. The zero-order chi connectivity index (χ0) is 17.7. The standard InChI is InChI=1S/C18H28ClFN4.HI/c1-18(2,15-6-5-14(20)9-16(15)19)12-23-17(21-3)22-10-13-7-8-24(4)11-13;/h5-6,9,13H,7-8,10-12H2,1-4H3,(H2,21,22,23);1H. The molecule has 2 N–H and O–H groups in total. The second-order valence-electron chi connectivity index (χ2n) is 7.23. The van der Waals surface area contributed by atoms with E-state index in [1.807, 2.05) is 0 Å². The second-order valence-corrected chi connectivity index (χ2v) is 7.64. The Balaban J connectivity index is 0.00000312. The van der Waals surface area contributed by atoms with Crippen LogP contribution in [0.2, 0.25) is 5.02 Å². The van der Waals surface area contributed by atoms with Crippen molar-refractivity contribution in [2.24, 2.45) is 10.9 Å². The molecule has 1 fully saturated rings. The molecule has 0 radical (unpaired) electrons. The topological polar surface area (TPSA) is 39.7 Å². The summed E-state index contributed by atoms with van der Waals surface area (Å²) in [6.45, 7) is 8.02. The van der Waals surface area contributed by atoms with Crippen LogP contribution in [0.15, 0.2) is 23.2 Å². The van der Waals surface area contributed by atoms with Crippen LogP contribution < -0.4 is 10.6 Å². The molecule has 1 atom stereocenters. The highest BCUT2D eigenvalue weighted by Crippen LogP contribution is 2.29. The highest BCUT2D eigenvalue weighted by Gasteiger charge is 2.24. The molecule has 7 heteroatoms. The number of halogens is 3. The first-order valence-electron chi connectivity index (χ1n) is 8.40. The second kappa shape index (κ2) is 9.92. The highest BCUT2D eigenvalue weighted by molar-refractivity contribution is 14.0. The van der Waals surface area contributed by atoms with E-state index in [1.54, 1.807) is 13.1 Å². The van der Waals surface area contributed by atoms with E-state index in [4.69, 9.17) is 11.6 Å². The van der Waals surface area contributed by atoms with E-state index in [9.17, 15) is 4.39 Å². The third-order valence-corrected chi connectivity index (χ3v) is 4.94. The fourth-order valence-electron chi connectivity index (χ4n) is 3.09. The number of guanidine groups is 1. The van der Waals surface area contributed by atoms with Gasteiger partial charge in [0.2, 0.25) is 0 Å². The number of benzene rings is 1. The van der Waals surface area contributed by atoms with E-state index < -0.39 is 0 Å². The van der Waals surface area contributed by atoms with Crippen LogP contribution in [-0.4, -0.2) is 51.1 Å². The summed E-state index contributed by atoms with van der Waals surface area (Å²) in [5, 5.41) is 7.21. The van der Waals surface area contributed by atoms with Gasteiger partial charge in [-0.3, -0.25) is 4.99 Å². The molecule has 4 nitrogen and oxygen atoms in total. The fourth-order valence-corrected chi connectivity index (χ4v) is 3.52. The summed E-state index contributed by atoms with van der Waals surface area (Å²) in [7, 11) is 3.93. The minimum atomic E-state index is -0.313. The summed E-state index contributed by atoms with van der Waals surface area (Å²) in [5.41, 5.74) is 0.682. The first-order valence-corrected chi connectivity index (χ1v) is 8.78. The molecule has 25 heavy (non-hydrogen) atoms. The Morgan fingerprint density at radius 2 is 2.12 bits per heavy atom. The van der Waals surface area contributed by atoms with Crippen LogP contribution in [0, 0.1) is 11.7 Å². The van der Waals surface area contributed by atoms with Crippen molar-refractivity contribution in [2.45, 2.75) is 25.7 Å². The molecule has 1 heterocycles. The molecule has 1 unspecified atom stereocenters. The van der Waals surface area contributed by atoms with Crippen molar-refractivity contribution < 1.29 is 4.39 Å². The van der Waals surface area contributed by atoms with E-state index in [0.717, 1.165) is 31.2 Å². The molecule has 1 aromatic rings. The van der Waals surface area contributed by atoms with E-state index in [1.165, 1.54) is 18.6 Å². The Kier molecular flexibility index (Phi) is 8.91. The molecule has 1 saturated heterocycles. The van der Waals surface area contributed by atoms with Crippen LogP contribution in [0.4, 0.5) is 4.39 Å². The Morgan fingerprint density at radius 1 is 1.40 bits per heavy atom. The molecule has 0 bridgehead atoms. The molecule has 0 aliphatic carbocycles. The SMILES string of the molecule is CN=C(NCC1CCN(C)C1)NCC(C)(C)c1ccc(F)cc1Cl.I. The lowest BCUT2D eigenvalue weighted by Crippen LogP contribution is -2.45. The number of aliphatic imine (C=N–C) groups is 1. The van der Waals surface area contributed by atoms with Gasteiger partial charge in [-0.05, 0) is 43.6 Å². The number of hydrogen-bond acceptors (Lipinski definition) is 2. The minimum absolute atomic E-state index is 0. The van der Waals surface area contributed by atoms with E-state index >= 15 is 0 Å². The third kappa shape index (κ3) is 6.57. The predicted octanol–water partition coefficient (Wildman–Crippen LogP) is 3.49. The number of nitrogens with zero attached hydrogens (tertiary/aromatic N) is 2. The molecule has 0 saturated carbocycles. The van der Waals surface area contributed by atoms with Crippen molar-refractivity contribution in [3.8, 4) is 0 Å². The number of likely N-dealkylation sites (tertiary alicyclic amines) is 1. The lowest BCUT2D eigenvalue weighted by Gasteiger charge is -2.28. The van der Waals surface area contributed by atoms with Crippen LogP contribution in [0.1, 0.15) is 25.8 Å². The molecule has 0 spiro atoms. The maximum atomic E-state index is 13.2. The van der Waals surface area contributed by atoms with Crippen LogP contribution in [0.5, 0.6) is 0 Å². The van der Waals surface area contributed by atoms with Gasteiger partial charge in [0.05, 0.1) is 0 Å². The van der Waals surface area contributed by atoms with Crippen molar-refractivity contribution in [1.29, 1.82) is 0 Å². The van der Waals surface area contributed by atoms with Crippen molar-refractivity contribution in [3.05, 3.63) is 34.6 Å². The summed E-state index contributed by atoms with van der Waals surface area (Å²) in [6.07, 6.45) is 1.22. The Hall–Kier alpha value is -0.600. The molecule has 2 rings (SSSR count). The molecule has 1 aliphatic heterocycles. The summed E-state index contributed by atoms with van der Waals surface area (Å²) in [4.78, 5) is 6.64. The summed E-state index contributed by atoms with van der Waals surface area (Å²) >= 11 is 6.21. The van der Waals surface area contributed by atoms with Crippen LogP contribution >= 0.6 is 35.6 Å². The van der Waals surface area contributed by atoms with Gasteiger partial charge in [0, 0.05) is 37.1 Å². The molecule has 1 aromatic carbocycles. The number of hydrogen-bond donors (Lipinski definition) is 2. The van der Waals surface area contributed by atoms with Gasteiger partial charge in [0.25, 0.3) is 0 Å². The van der Waals surface area contributed by atoms with Crippen molar-refractivity contribution in [2.75, 3.05) is 40.3 Å². The van der Waals surface area contributed by atoms with E-state index in [2.05, 4.69) is 41.4 Å². The zero-order valence-corrected chi connectivity index (χ0v) is 18.5. The van der Waals surface area contributed by atoms with Gasteiger partial charge in [-0.1, -0.05) is 31.5 Å². The van der Waals surface area contributed by atoms with Crippen LogP contribution in [0.25, 0.3) is 0 Å². The Bertz CT molecular complexity index is 594. The quantitative estimate of drug-likeness (QED) is 0.383. The maximum Gasteiger partial charge on any atom is 0.191 e. The lowest BCUT2D eigenvalue weighted by molar-refractivity contribution is 0.393. The predicted molar refractivity (Wildman–Crippen MR) is 115 cm³/mol. The monoisotopic (exact) mass is 482 g/mol. The van der Waals surface area contributed by atoms with Crippen LogP contribution in [-0.2, 0) is 5.41 Å². The van der Waals surface area contributed by atoms with Gasteiger partial charge < -0.3 is 15.5 Å². The van der Waals surface area contributed by atoms with Gasteiger partial charge in [-0.25, -0.2) is 4.39 Å². The molecule has 0 aromatic heterocycles. The average molecular weight is 483 g/mol. The Labute approximate surface area is 172 Å².